The molecule has 28 heavy (non-hydrogen) atoms. The zero-order valence-corrected chi connectivity index (χ0v) is 15.7. The molecule has 10 nitrogen and oxygen atoms in total. The third-order valence-corrected chi connectivity index (χ3v) is 5.58. The van der Waals surface area contributed by atoms with Crippen molar-refractivity contribution in [2.24, 2.45) is 0 Å². The van der Waals surface area contributed by atoms with Crippen molar-refractivity contribution in [3.63, 3.8) is 0 Å². The second-order valence-electron chi connectivity index (χ2n) is 6.04. The Bertz CT molecular complexity index is 1440. The maximum absolute atomic E-state index is 12.9. The molecule has 1 aromatic carbocycles. The van der Waals surface area contributed by atoms with Crippen molar-refractivity contribution in [2.45, 2.75) is 25.3 Å². The molecule has 0 radical (unpaired) electrons. The Labute approximate surface area is 158 Å². The topological polar surface area (TPSA) is 135 Å². The Kier molecular flexibility index (Phi) is 3.93. The maximum atomic E-state index is 12.9. The van der Waals surface area contributed by atoms with Crippen LogP contribution in [-0.4, -0.2) is 27.6 Å². The van der Waals surface area contributed by atoms with Crippen LogP contribution in [0.4, 0.5) is 5.82 Å². The number of hydrogen-bond acceptors (Lipinski definition) is 7. The van der Waals surface area contributed by atoms with Gasteiger partial charge in [-0.3, -0.25) is 9.29 Å². The number of nitrogens with one attached hydrogen (secondary N) is 1. The minimum atomic E-state index is -4.01. The summed E-state index contributed by atoms with van der Waals surface area (Å²) in [4.78, 5) is 16.0. The number of nitriles is 1. The highest BCUT2D eigenvalue weighted by Crippen LogP contribution is 2.22. The van der Waals surface area contributed by atoms with Crippen LogP contribution in [-0.2, 0) is 16.6 Å². The molecule has 0 aliphatic rings. The van der Waals surface area contributed by atoms with Crippen molar-refractivity contribution >= 4 is 32.6 Å². The number of aromatic nitrogens is 4. The Balaban J connectivity index is 1.81. The van der Waals surface area contributed by atoms with Gasteiger partial charge >= 0.3 is 5.76 Å². The van der Waals surface area contributed by atoms with Crippen molar-refractivity contribution in [2.75, 3.05) is 4.72 Å². The maximum Gasteiger partial charge on any atom is 0.419 e. The van der Waals surface area contributed by atoms with E-state index in [9.17, 15) is 13.2 Å². The van der Waals surface area contributed by atoms with E-state index in [2.05, 4.69) is 14.8 Å². The van der Waals surface area contributed by atoms with Crippen LogP contribution in [0.25, 0.3) is 16.7 Å². The first-order valence-corrected chi connectivity index (χ1v) is 9.74. The second kappa shape index (κ2) is 6.21. The number of rotatable bonds is 4. The predicted octanol–water partition coefficient (Wildman–Crippen LogP) is 1.64. The number of sulfonamides is 1. The zero-order chi connectivity index (χ0) is 20.1. The fourth-order valence-corrected chi connectivity index (χ4v) is 3.99. The summed E-state index contributed by atoms with van der Waals surface area (Å²) in [6, 6.07) is 7.67. The van der Waals surface area contributed by atoms with E-state index >= 15 is 0 Å². The molecule has 0 saturated carbocycles. The summed E-state index contributed by atoms with van der Waals surface area (Å²) in [5.41, 5.74) is 1.69. The predicted molar refractivity (Wildman–Crippen MR) is 99.4 cm³/mol. The van der Waals surface area contributed by atoms with Crippen molar-refractivity contribution in [3.05, 3.63) is 52.3 Å². The van der Waals surface area contributed by atoms with Gasteiger partial charge in [0.2, 0.25) is 0 Å². The molecular formula is C17H14N6O4S. The van der Waals surface area contributed by atoms with Gasteiger partial charge in [0.1, 0.15) is 17.5 Å². The molecular weight excluding hydrogens is 384 g/mol. The molecule has 0 saturated heterocycles. The quantitative estimate of drug-likeness (QED) is 0.552. The van der Waals surface area contributed by atoms with Crippen LogP contribution in [0, 0.1) is 18.3 Å². The van der Waals surface area contributed by atoms with E-state index in [4.69, 9.17) is 9.68 Å². The standard InChI is InChI=1S/C17H14N6O4S/c1-3-22-13-5-4-12(7-14(13)27-17(22)24)28(25,26)21-15-6-10(2)20-16-11(8-18)9-19-23(15)16/h4-7,9,21H,3H2,1-2H3. The van der Waals surface area contributed by atoms with Gasteiger partial charge in [0.15, 0.2) is 11.2 Å². The fraction of sp³-hybridized carbons (Fsp3) is 0.176. The lowest BCUT2D eigenvalue weighted by Crippen LogP contribution is -2.16. The molecule has 0 unspecified atom stereocenters. The monoisotopic (exact) mass is 398 g/mol. The summed E-state index contributed by atoms with van der Waals surface area (Å²) in [5.74, 6) is -0.413. The van der Waals surface area contributed by atoms with Crippen molar-refractivity contribution < 1.29 is 12.8 Å². The van der Waals surface area contributed by atoms with E-state index in [0.717, 1.165) is 0 Å². The third-order valence-electron chi connectivity index (χ3n) is 4.23. The SMILES string of the molecule is CCn1c(=O)oc2cc(S(=O)(=O)Nc3cc(C)nc4c(C#N)cnn34)ccc21. The van der Waals surface area contributed by atoms with Gasteiger partial charge in [0.25, 0.3) is 10.0 Å². The molecule has 1 N–H and O–H groups in total. The van der Waals surface area contributed by atoms with E-state index in [1.165, 1.54) is 39.5 Å². The summed E-state index contributed by atoms with van der Waals surface area (Å²) in [6.45, 7) is 3.88. The van der Waals surface area contributed by atoms with Crippen molar-refractivity contribution in [3.8, 4) is 6.07 Å². The normalized spacial score (nSPS) is 11.8. The summed E-state index contributed by atoms with van der Waals surface area (Å²) in [5, 5.41) is 13.2. The summed E-state index contributed by atoms with van der Waals surface area (Å²) < 4.78 is 36.0. The Hall–Kier alpha value is -3.65. The van der Waals surface area contributed by atoms with Crippen LogP contribution in [0.5, 0.6) is 0 Å². The molecule has 0 amide bonds. The third kappa shape index (κ3) is 2.71. The van der Waals surface area contributed by atoms with Crippen LogP contribution in [0.15, 0.2) is 44.6 Å². The first-order valence-electron chi connectivity index (χ1n) is 8.25. The van der Waals surface area contributed by atoms with Gasteiger partial charge in [-0.1, -0.05) is 0 Å². The largest absolute Gasteiger partial charge is 0.419 e. The number of benzene rings is 1. The average molecular weight is 398 g/mol. The molecule has 4 rings (SSSR count). The van der Waals surface area contributed by atoms with E-state index < -0.39 is 15.8 Å². The smallest absolute Gasteiger partial charge is 0.408 e. The van der Waals surface area contributed by atoms with Crippen LogP contribution in [0.2, 0.25) is 0 Å². The molecule has 4 aromatic rings. The highest BCUT2D eigenvalue weighted by molar-refractivity contribution is 7.92. The highest BCUT2D eigenvalue weighted by atomic mass is 32.2. The molecule has 0 spiro atoms. The lowest BCUT2D eigenvalue weighted by atomic mass is 10.3. The van der Waals surface area contributed by atoms with Gasteiger partial charge in [0, 0.05) is 24.4 Å². The van der Waals surface area contributed by atoms with E-state index in [1.807, 2.05) is 6.07 Å². The van der Waals surface area contributed by atoms with Crippen LogP contribution in [0.1, 0.15) is 18.2 Å². The fourth-order valence-electron chi connectivity index (χ4n) is 2.95. The van der Waals surface area contributed by atoms with E-state index in [0.29, 0.717) is 17.8 Å². The molecule has 0 aliphatic heterocycles. The van der Waals surface area contributed by atoms with Gasteiger partial charge in [0.05, 0.1) is 16.6 Å². The molecule has 142 valence electrons. The van der Waals surface area contributed by atoms with Crippen LogP contribution in [0.3, 0.4) is 0 Å². The van der Waals surface area contributed by atoms with Gasteiger partial charge in [-0.25, -0.2) is 18.2 Å². The van der Waals surface area contributed by atoms with E-state index in [1.54, 1.807) is 13.8 Å². The molecule has 0 atom stereocenters. The number of anilines is 1. The first-order chi connectivity index (χ1) is 13.3. The molecule has 0 aliphatic carbocycles. The van der Waals surface area contributed by atoms with Gasteiger partial charge < -0.3 is 4.42 Å². The number of fused-ring (bicyclic) bond motifs is 2. The van der Waals surface area contributed by atoms with Crippen molar-refractivity contribution in [1.82, 2.24) is 19.2 Å². The summed E-state index contributed by atoms with van der Waals surface area (Å²) in [6.07, 6.45) is 1.31. The Morgan fingerprint density at radius 1 is 1.32 bits per heavy atom. The molecule has 3 aromatic heterocycles. The van der Waals surface area contributed by atoms with Crippen LogP contribution >= 0.6 is 0 Å². The average Bonchev–Trinajstić information content (AvgIpc) is 3.20. The Morgan fingerprint density at radius 2 is 2.11 bits per heavy atom. The summed E-state index contributed by atoms with van der Waals surface area (Å²) >= 11 is 0. The molecule has 0 fully saturated rings. The van der Waals surface area contributed by atoms with Gasteiger partial charge in [-0.15, -0.1) is 0 Å². The van der Waals surface area contributed by atoms with Gasteiger partial charge in [-0.05, 0) is 26.0 Å². The van der Waals surface area contributed by atoms with Crippen LogP contribution < -0.4 is 10.5 Å². The minimum absolute atomic E-state index is 0.0766. The van der Waals surface area contributed by atoms with Gasteiger partial charge in [-0.2, -0.15) is 14.9 Å². The number of nitrogens with zero attached hydrogens (tertiary/aromatic N) is 5. The lowest BCUT2D eigenvalue weighted by Gasteiger charge is -2.10. The number of oxazole rings is 1. The zero-order valence-electron chi connectivity index (χ0n) is 14.9. The molecule has 11 heteroatoms. The summed E-state index contributed by atoms with van der Waals surface area (Å²) in [7, 11) is -4.01. The molecule has 0 bridgehead atoms. The Morgan fingerprint density at radius 3 is 2.82 bits per heavy atom. The van der Waals surface area contributed by atoms with Crippen molar-refractivity contribution in [1.29, 1.82) is 5.26 Å². The van der Waals surface area contributed by atoms with E-state index in [-0.39, 0.29) is 27.5 Å². The highest BCUT2D eigenvalue weighted by Gasteiger charge is 2.20. The lowest BCUT2D eigenvalue weighted by molar-refractivity contribution is 0.512. The molecule has 3 heterocycles. The second-order valence-corrected chi connectivity index (χ2v) is 7.72. The number of aryl methyl sites for hydroxylation is 2. The first kappa shape index (κ1) is 17.7. The number of hydrogen-bond donors (Lipinski definition) is 1. The minimum Gasteiger partial charge on any atom is -0.408 e.